The molecule has 0 fully saturated rings. The molecule has 0 saturated heterocycles. The van der Waals surface area contributed by atoms with Crippen LogP contribution in [-0.2, 0) is 0 Å². The zero-order chi connectivity index (χ0) is 33.0. The highest BCUT2D eigenvalue weighted by Gasteiger charge is 2.20. The van der Waals surface area contributed by atoms with Crippen LogP contribution in [-0.4, -0.2) is 9.97 Å². The topological polar surface area (TPSA) is 38.9 Å². The number of aromatic nitrogens is 2. The zero-order valence-electron chi connectivity index (χ0n) is 26.9. The molecule has 10 rings (SSSR count). The first-order valence-electron chi connectivity index (χ1n) is 16.7. The standard InChI is InChI=1S/C46H28N2OS/c1-2-11-29(12-3-1)30-23-25-31(26-24-30)32-13-8-14-33(27-32)34-15-9-16-35(28-34)45-47-43(42-38-18-5-7-22-41(38)50-46(42)48-45)39-20-10-19-37-36-17-4-6-21-40(36)49-44(37)39/h1-28H. The molecule has 0 aliphatic heterocycles. The average molecular weight is 657 g/mol. The van der Waals surface area contributed by atoms with Crippen LogP contribution in [0.2, 0.25) is 0 Å². The molecule has 7 aromatic carbocycles. The molecule has 3 nitrogen and oxygen atoms in total. The van der Waals surface area contributed by atoms with Crippen LogP contribution in [0, 0.1) is 0 Å². The molecule has 50 heavy (non-hydrogen) atoms. The van der Waals surface area contributed by atoms with Gasteiger partial charge in [0, 0.05) is 37.4 Å². The minimum atomic E-state index is 0.696. The number of hydrogen-bond acceptors (Lipinski definition) is 4. The first-order chi connectivity index (χ1) is 24.8. The molecule has 0 radical (unpaired) electrons. The molecule has 0 saturated carbocycles. The molecule has 0 aliphatic rings. The molecule has 0 atom stereocenters. The number of nitrogens with zero attached hydrogens (tertiary/aromatic N) is 2. The van der Waals surface area contributed by atoms with E-state index < -0.39 is 0 Å². The lowest BCUT2D eigenvalue weighted by Crippen LogP contribution is -1.94. The van der Waals surface area contributed by atoms with E-state index in [1.54, 1.807) is 11.3 Å². The van der Waals surface area contributed by atoms with E-state index in [1.165, 1.54) is 27.0 Å². The summed E-state index contributed by atoms with van der Waals surface area (Å²) in [4.78, 5) is 11.5. The third-order valence-electron chi connectivity index (χ3n) is 9.54. The second-order valence-corrected chi connectivity index (χ2v) is 13.6. The van der Waals surface area contributed by atoms with Crippen molar-refractivity contribution in [1.82, 2.24) is 9.97 Å². The summed E-state index contributed by atoms with van der Waals surface area (Å²) >= 11 is 1.71. The van der Waals surface area contributed by atoms with Gasteiger partial charge in [0.05, 0.1) is 5.69 Å². The molecule has 0 N–H and O–H groups in total. The van der Waals surface area contributed by atoms with Gasteiger partial charge in [-0.1, -0.05) is 140 Å². The van der Waals surface area contributed by atoms with E-state index >= 15 is 0 Å². The Hall–Kier alpha value is -6.36. The molecule has 234 valence electrons. The largest absolute Gasteiger partial charge is 0.455 e. The van der Waals surface area contributed by atoms with E-state index in [0.717, 1.165) is 65.5 Å². The van der Waals surface area contributed by atoms with Gasteiger partial charge in [-0.3, -0.25) is 0 Å². The van der Waals surface area contributed by atoms with Crippen molar-refractivity contribution in [2.24, 2.45) is 0 Å². The Morgan fingerprint density at radius 3 is 1.78 bits per heavy atom. The number of benzene rings is 7. The SMILES string of the molecule is c1ccc(-c2ccc(-c3cccc(-c4cccc(-c5nc(-c6cccc7c6oc6ccccc67)c6c(n5)sc5ccccc56)c4)c3)cc2)cc1. The van der Waals surface area contributed by atoms with Crippen LogP contribution in [0.25, 0.3) is 98.3 Å². The third-order valence-corrected chi connectivity index (χ3v) is 10.6. The van der Waals surface area contributed by atoms with Gasteiger partial charge in [0.15, 0.2) is 5.82 Å². The Morgan fingerprint density at radius 2 is 0.980 bits per heavy atom. The normalized spacial score (nSPS) is 11.6. The van der Waals surface area contributed by atoms with Crippen LogP contribution in [0.3, 0.4) is 0 Å². The molecule has 0 amide bonds. The molecule has 3 aromatic heterocycles. The van der Waals surface area contributed by atoms with Gasteiger partial charge in [0.2, 0.25) is 0 Å². The molecular weight excluding hydrogens is 629 g/mol. The van der Waals surface area contributed by atoms with E-state index in [9.17, 15) is 0 Å². The van der Waals surface area contributed by atoms with Crippen molar-refractivity contribution in [2.75, 3.05) is 0 Å². The fourth-order valence-electron chi connectivity index (χ4n) is 7.08. The van der Waals surface area contributed by atoms with Crippen molar-refractivity contribution < 1.29 is 4.42 Å². The number of rotatable bonds is 5. The van der Waals surface area contributed by atoms with Gasteiger partial charge >= 0.3 is 0 Å². The van der Waals surface area contributed by atoms with Gasteiger partial charge in [-0.15, -0.1) is 11.3 Å². The Balaban J connectivity index is 1.09. The van der Waals surface area contributed by atoms with Gasteiger partial charge in [0.1, 0.15) is 16.0 Å². The summed E-state index contributed by atoms with van der Waals surface area (Å²) in [5.74, 6) is 0.696. The molecule has 0 bridgehead atoms. The van der Waals surface area contributed by atoms with Gasteiger partial charge < -0.3 is 4.42 Å². The predicted octanol–water partition coefficient (Wildman–Crippen LogP) is 13.1. The maximum Gasteiger partial charge on any atom is 0.161 e. The van der Waals surface area contributed by atoms with Crippen molar-refractivity contribution in [3.8, 4) is 56.0 Å². The monoisotopic (exact) mass is 656 g/mol. The minimum Gasteiger partial charge on any atom is -0.455 e. The first kappa shape index (κ1) is 28.6. The Labute approximate surface area is 292 Å². The first-order valence-corrected chi connectivity index (χ1v) is 17.6. The zero-order valence-corrected chi connectivity index (χ0v) is 27.7. The van der Waals surface area contributed by atoms with Crippen LogP contribution >= 0.6 is 11.3 Å². The maximum absolute atomic E-state index is 6.52. The highest BCUT2D eigenvalue weighted by Crippen LogP contribution is 2.43. The van der Waals surface area contributed by atoms with Crippen LogP contribution in [0.1, 0.15) is 0 Å². The van der Waals surface area contributed by atoms with Crippen molar-refractivity contribution in [3.63, 3.8) is 0 Å². The minimum absolute atomic E-state index is 0.696. The van der Waals surface area contributed by atoms with Crippen LogP contribution in [0.15, 0.2) is 174 Å². The van der Waals surface area contributed by atoms with Crippen molar-refractivity contribution in [3.05, 3.63) is 170 Å². The highest BCUT2D eigenvalue weighted by molar-refractivity contribution is 7.25. The molecule has 0 unspecified atom stereocenters. The summed E-state index contributed by atoms with van der Waals surface area (Å²) < 4.78 is 7.71. The summed E-state index contributed by atoms with van der Waals surface area (Å²) in [7, 11) is 0. The fourth-order valence-corrected chi connectivity index (χ4v) is 8.16. The lowest BCUT2D eigenvalue weighted by molar-refractivity contribution is 0.670. The van der Waals surface area contributed by atoms with Gasteiger partial charge in [-0.2, -0.15) is 0 Å². The maximum atomic E-state index is 6.52. The highest BCUT2D eigenvalue weighted by atomic mass is 32.1. The number of hydrogen-bond donors (Lipinski definition) is 0. The van der Waals surface area contributed by atoms with Gasteiger partial charge in [-0.05, 0) is 63.7 Å². The molecule has 0 aliphatic carbocycles. The second-order valence-electron chi connectivity index (χ2n) is 12.6. The van der Waals surface area contributed by atoms with Gasteiger partial charge in [0.25, 0.3) is 0 Å². The smallest absolute Gasteiger partial charge is 0.161 e. The third kappa shape index (κ3) is 4.80. The summed E-state index contributed by atoms with van der Waals surface area (Å²) in [6, 6.07) is 59.7. The quantitative estimate of drug-likeness (QED) is 0.185. The summed E-state index contributed by atoms with van der Waals surface area (Å²) in [5, 5.41) is 4.41. The molecular formula is C46H28N2OS. The van der Waals surface area contributed by atoms with Crippen LogP contribution in [0.4, 0.5) is 0 Å². The second kappa shape index (κ2) is 11.7. The van der Waals surface area contributed by atoms with Crippen molar-refractivity contribution in [1.29, 1.82) is 0 Å². The predicted molar refractivity (Wildman–Crippen MR) is 209 cm³/mol. The number of fused-ring (bicyclic) bond motifs is 6. The van der Waals surface area contributed by atoms with E-state index in [-0.39, 0.29) is 0 Å². The summed E-state index contributed by atoms with van der Waals surface area (Å²) in [5.41, 5.74) is 11.6. The fraction of sp³-hybridized carbons (Fsp3) is 0. The lowest BCUT2D eigenvalue weighted by atomic mass is 9.96. The van der Waals surface area contributed by atoms with Gasteiger partial charge in [-0.25, -0.2) is 9.97 Å². The Kier molecular flexibility index (Phi) is 6.68. The van der Waals surface area contributed by atoms with E-state index in [4.69, 9.17) is 14.4 Å². The Bertz CT molecular complexity index is 2870. The summed E-state index contributed by atoms with van der Waals surface area (Å²) in [6.07, 6.45) is 0. The molecule has 4 heteroatoms. The van der Waals surface area contributed by atoms with E-state index in [2.05, 4.69) is 158 Å². The number of furan rings is 1. The average Bonchev–Trinajstić information content (AvgIpc) is 3.77. The van der Waals surface area contributed by atoms with Crippen molar-refractivity contribution in [2.45, 2.75) is 0 Å². The van der Waals surface area contributed by atoms with E-state index in [1.807, 2.05) is 12.1 Å². The number of thiophene rings is 1. The Morgan fingerprint density at radius 1 is 0.420 bits per heavy atom. The summed E-state index contributed by atoms with van der Waals surface area (Å²) in [6.45, 7) is 0. The van der Waals surface area contributed by atoms with E-state index in [0.29, 0.717) is 5.82 Å². The van der Waals surface area contributed by atoms with Crippen molar-refractivity contribution >= 4 is 53.6 Å². The molecule has 3 heterocycles. The number of para-hydroxylation sites is 2. The van der Waals surface area contributed by atoms with Crippen LogP contribution in [0.5, 0.6) is 0 Å². The molecule has 10 aromatic rings. The molecule has 0 spiro atoms. The van der Waals surface area contributed by atoms with Crippen LogP contribution < -0.4 is 0 Å². The lowest BCUT2D eigenvalue weighted by Gasteiger charge is -2.10.